The maximum absolute atomic E-state index is 8.23. The number of aliphatic hydroxyl groups excluding tert-OH is 2. The minimum absolute atomic E-state index is 0.302. The molecular formula is C3H6ClO2. The molecule has 1 atom stereocenters. The van der Waals surface area contributed by atoms with Gasteiger partial charge in [0.25, 0.3) is 0 Å². The van der Waals surface area contributed by atoms with Crippen molar-refractivity contribution in [1.82, 2.24) is 0 Å². The first-order valence-electron chi connectivity index (χ1n) is 1.53. The molecule has 0 aliphatic rings. The van der Waals surface area contributed by atoms with E-state index in [9.17, 15) is 0 Å². The summed E-state index contributed by atoms with van der Waals surface area (Å²) in [5.74, 6) is 1.00. The molecule has 0 saturated heterocycles. The van der Waals surface area contributed by atoms with Gasteiger partial charge in [0.05, 0.1) is 18.6 Å². The van der Waals surface area contributed by atoms with E-state index in [1.807, 2.05) is 0 Å². The molecule has 0 spiro atoms. The molecule has 0 aromatic rings. The summed E-state index contributed by atoms with van der Waals surface area (Å²) in [6.45, 7) is -0.302. The second kappa shape index (κ2) is 3.40. The average Bonchev–Trinajstić information content (AvgIpc) is 1.65. The Morgan fingerprint density at radius 3 is 2.33 bits per heavy atom. The van der Waals surface area contributed by atoms with E-state index in [1.165, 1.54) is 0 Å². The fraction of sp³-hybridized carbons (Fsp3) is 0.667. The van der Waals surface area contributed by atoms with Gasteiger partial charge in [-0.05, 0) is 0 Å². The van der Waals surface area contributed by atoms with Crippen LogP contribution in [0.15, 0.2) is 0 Å². The molecule has 1 radical (unpaired) electrons. The van der Waals surface area contributed by atoms with Gasteiger partial charge in [0.1, 0.15) is 0 Å². The van der Waals surface area contributed by atoms with E-state index in [-0.39, 0.29) is 6.61 Å². The molecule has 2 nitrogen and oxygen atoms in total. The van der Waals surface area contributed by atoms with Crippen LogP contribution in [0.1, 0.15) is 0 Å². The Balaban J connectivity index is 2.75. The van der Waals surface area contributed by atoms with Crippen LogP contribution in [0.5, 0.6) is 0 Å². The van der Waals surface area contributed by atoms with Crippen molar-refractivity contribution in [3.05, 3.63) is 5.88 Å². The second-order valence-electron chi connectivity index (χ2n) is 0.876. The summed E-state index contributed by atoms with van der Waals surface area (Å²) in [6.07, 6.45) is -0.869. The lowest BCUT2D eigenvalue weighted by Gasteiger charge is -1.95. The first-order valence-corrected chi connectivity index (χ1v) is 1.97. The topological polar surface area (TPSA) is 40.5 Å². The zero-order valence-electron chi connectivity index (χ0n) is 3.13. The molecule has 0 aromatic heterocycles. The van der Waals surface area contributed by atoms with Gasteiger partial charge in [0.2, 0.25) is 0 Å². The summed E-state index contributed by atoms with van der Waals surface area (Å²) < 4.78 is 0. The maximum atomic E-state index is 8.23. The van der Waals surface area contributed by atoms with Crippen LogP contribution in [0.4, 0.5) is 0 Å². The van der Waals surface area contributed by atoms with E-state index in [4.69, 9.17) is 21.8 Å². The van der Waals surface area contributed by atoms with E-state index < -0.39 is 6.10 Å². The third-order valence-corrected chi connectivity index (χ3v) is 0.623. The highest BCUT2D eigenvalue weighted by Crippen LogP contribution is 1.89. The Labute approximate surface area is 41.4 Å². The molecule has 37 valence electrons. The Morgan fingerprint density at radius 1 is 1.83 bits per heavy atom. The molecule has 0 rings (SSSR count). The van der Waals surface area contributed by atoms with Crippen LogP contribution >= 0.6 is 11.6 Å². The number of aliphatic hydroxyl groups is 2. The smallest absolute Gasteiger partial charge is 0.0949 e. The Hall–Kier alpha value is 0.210. The van der Waals surface area contributed by atoms with Gasteiger partial charge in [0, 0.05) is 0 Å². The van der Waals surface area contributed by atoms with Crippen molar-refractivity contribution in [3.63, 3.8) is 0 Å². The number of rotatable bonds is 2. The first-order chi connectivity index (χ1) is 2.81. The summed E-state index contributed by atoms with van der Waals surface area (Å²) in [5, 5.41) is 16.2. The quantitative estimate of drug-likeness (QED) is 0.513. The molecule has 6 heavy (non-hydrogen) atoms. The van der Waals surface area contributed by atoms with E-state index in [2.05, 4.69) is 0 Å². The van der Waals surface area contributed by atoms with E-state index >= 15 is 0 Å². The fourth-order valence-electron chi connectivity index (χ4n) is 0.0398. The normalized spacial score (nSPS) is 14.5. The van der Waals surface area contributed by atoms with Gasteiger partial charge in [-0.2, -0.15) is 0 Å². The van der Waals surface area contributed by atoms with Crippen molar-refractivity contribution < 1.29 is 10.2 Å². The van der Waals surface area contributed by atoms with Crippen LogP contribution in [-0.4, -0.2) is 22.9 Å². The van der Waals surface area contributed by atoms with Crippen LogP contribution in [0.2, 0.25) is 0 Å². The van der Waals surface area contributed by atoms with Crippen LogP contribution in [0.3, 0.4) is 0 Å². The van der Waals surface area contributed by atoms with Crippen LogP contribution in [0.25, 0.3) is 0 Å². The molecule has 3 heteroatoms. The summed E-state index contributed by atoms with van der Waals surface area (Å²) in [7, 11) is 0. The lowest BCUT2D eigenvalue weighted by atomic mass is 10.5. The molecule has 0 saturated carbocycles. The van der Waals surface area contributed by atoms with E-state index in [0.717, 1.165) is 5.88 Å². The fourth-order valence-corrected chi connectivity index (χ4v) is 0.120. The molecule has 1 unspecified atom stereocenters. The molecule has 0 aliphatic carbocycles. The summed E-state index contributed by atoms with van der Waals surface area (Å²) in [4.78, 5) is 0. The average molecular weight is 110 g/mol. The van der Waals surface area contributed by atoms with Crippen LogP contribution < -0.4 is 0 Å². The molecule has 0 heterocycles. The van der Waals surface area contributed by atoms with Crippen molar-refractivity contribution in [3.8, 4) is 0 Å². The minimum atomic E-state index is -0.869. The predicted molar refractivity (Wildman–Crippen MR) is 23.2 cm³/mol. The summed E-state index contributed by atoms with van der Waals surface area (Å²) in [5.41, 5.74) is 0. The largest absolute Gasteiger partial charge is 0.394 e. The van der Waals surface area contributed by atoms with Gasteiger partial charge < -0.3 is 10.2 Å². The van der Waals surface area contributed by atoms with E-state index in [1.54, 1.807) is 0 Å². The Morgan fingerprint density at radius 2 is 2.33 bits per heavy atom. The maximum Gasteiger partial charge on any atom is 0.0949 e. The Kier molecular flexibility index (Phi) is 3.52. The number of halogens is 1. The highest BCUT2D eigenvalue weighted by Gasteiger charge is 1.94. The molecule has 0 fully saturated rings. The first kappa shape index (κ1) is 6.21. The van der Waals surface area contributed by atoms with Gasteiger partial charge in [-0.15, -0.1) is 11.6 Å². The summed E-state index contributed by atoms with van der Waals surface area (Å²) >= 11 is 4.92. The van der Waals surface area contributed by atoms with Gasteiger partial charge in [-0.1, -0.05) is 0 Å². The van der Waals surface area contributed by atoms with Gasteiger partial charge in [-0.25, -0.2) is 0 Å². The van der Waals surface area contributed by atoms with Crippen molar-refractivity contribution in [2.45, 2.75) is 6.10 Å². The lowest BCUT2D eigenvalue weighted by molar-refractivity contribution is 0.125. The SMILES string of the molecule is OCC(O)[CH]Cl. The van der Waals surface area contributed by atoms with Crippen molar-refractivity contribution in [2.24, 2.45) is 0 Å². The molecule has 2 N–H and O–H groups in total. The predicted octanol–water partition coefficient (Wildman–Crippen LogP) is -0.260. The molecule has 0 bridgehead atoms. The summed E-state index contributed by atoms with van der Waals surface area (Å²) in [6, 6.07) is 0. The van der Waals surface area contributed by atoms with Crippen molar-refractivity contribution in [2.75, 3.05) is 6.61 Å². The van der Waals surface area contributed by atoms with Gasteiger partial charge in [0.15, 0.2) is 0 Å². The van der Waals surface area contributed by atoms with E-state index in [0.29, 0.717) is 0 Å². The van der Waals surface area contributed by atoms with Crippen molar-refractivity contribution >= 4 is 11.6 Å². The monoisotopic (exact) mass is 109 g/mol. The highest BCUT2D eigenvalue weighted by molar-refractivity contribution is 6.23. The van der Waals surface area contributed by atoms with Crippen LogP contribution in [-0.2, 0) is 0 Å². The Bertz CT molecular complexity index is 28.0. The molecule has 0 aromatic carbocycles. The third kappa shape index (κ3) is 2.45. The standard InChI is InChI=1S/C3H6ClO2/c4-1-3(6)2-5/h1,3,5-6H,2H2. The van der Waals surface area contributed by atoms with Gasteiger partial charge >= 0.3 is 0 Å². The lowest BCUT2D eigenvalue weighted by Crippen LogP contribution is -2.08. The van der Waals surface area contributed by atoms with Gasteiger partial charge in [-0.3, -0.25) is 0 Å². The highest BCUT2D eigenvalue weighted by atomic mass is 35.5. The minimum Gasteiger partial charge on any atom is -0.394 e. The molecule has 0 aliphatic heterocycles. The molecular weight excluding hydrogens is 103 g/mol. The zero-order chi connectivity index (χ0) is 4.99. The van der Waals surface area contributed by atoms with Crippen molar-refractivity contribution in [1.29, 1.82) is 0 Å². The second-order valence-corrected chi connectivity index (χ2v) is 1.13. The molecule has 0 amide bonds. The number of hydrogen-bond acceptors (Lipinski definition) is 2. The van der Waals surface area contributed by atoms with Crippen LogP contribution in [0, 0.1) is 5.88 Å². The third-order valence-electron chi connectivity index (χ3n) is 0.332. The zero-order valence-corrected chi connectivity index (χ0v) is 3.89. The number of hydrogen-bond donors (Lipinski definition) is 2.